The monoisotopic (exact) mass is 350 g/mol. The molecule has 0 heterocycles. The second kappa shape index (κ2) is 7.19. The van der Waals surface area contributed by atoms with Gasteiger partial charge in [0.15, 0.2) is 0 Å². The molecule has 0 saturated heterocycles. The number of nitrogens with one attached hydrogen (secondary N) is 1. The number of halogens is 1. The van der Waals surface area contributed by atoms with Crippen molar-refractivity contribution >= 4 is 27.3 Å². The van der Waals surface area contributed by atoms with Crippen molar-refractivity contribution in [1.82, 2.24) is 0 Å². The molecule has 2 aromatic carbocycles. The van der Waals surface area contributed by atoms with E-state index in [9.17, 15) is 10.1 Å². The van der Waals surface area contributed by atoms with Crippen LogP contribution in [0.3, 0.4) is 0 Å². The SMILES string of the molecule is COCc1cccc(NCc2ccc(Br)cc2[N+](=O)[O-])c1. The summed E-state index contributed by atoms with van der Waals surface area (Å²) in [7, 11) is 1.64. The lowest BCUT2D eigenvalue weighted by Crippen LogP contribution is -2.03. The predicted octanol–water partition coefficient (Wildman–Crippen LogP) is 4.12. The number of methoxy groups -OCH3 is 1. The molecule has 0 spiro atoms. The molecule has 0 aromatic heterocycles. The maximum atomic E-state index is 11.1. The normalized spacial score (nSPS) is 10.4. The molecule has 0 aliphatic rings. The van der Waals surface area contributed by atoms with Crippen LogP contribution in [-0.2, 0) is 17.9 Å². The summed E-state index contributed by atoms with van der Waals surface area (Å²) >= 11 is 3.25. The summed E-state index contributed by atoms with van der Waals surface area (Å²) < 4.78 is 5.78. The first-order valence-corrected chi connectivity index (χ1v) is 7.14. The third kappa shape index (κ3) is 4.27. The fourth-order valence-electron chi connectivity index (χ4n) is 1.99. The van der Waals surface area contributed by atoms with E-state index in [1.54, 1.807) is 19.2 Å². The van der Waals surface area contributed by atoms with Crippen LogP contribution in [0.15, 0.2) is 46.9 Å². The number of benzene rings is 2. The van der Waals surface area contributed by atoms with Gasteiger partial charge in [-0.25, -0.2) is 0 Å². The number of nitro benzene ring substituents is 1. The van der Waals surface area contributed by atoms with Gasteiger partial charge in [-0.05, 0) is 29.8 Å². The maximum absolute atomic E-state index is 11.1. The van der Waals surface area contributed by atoms with Crippen LogP contribution in [0.25, 0.3) is 0 Å². The van der Waals surface area contributed by atoms with Crippen molar-refractivity contribution in [3.05, 3.63) is 68.2 Å². The van der Waals surface area contributed by atoms with Crippen LogP contribution in [0, 0.1) is 10.1 Å². The van der Waals surface area contributed by atoms with Crippen molar-refractivity contribution in [3.8, 4) is 0 Å². The first-order chi connectivity index (χ1) is 10.1. The van der Waals surface area contributed by atoms with Gasteiger partial charge in [0.05, 0.1) is 11.5 Å². The number of nitro groups is 1. The summed E-state index contributed by atoms with van der Waals surface area (Å²) in [5.41, 5.74) is 2.69. The van der Waals surface area contributed by atoms with Gasteiger partial charge in [-0.2, -0.15) is 0 Å². The van der Waals surface area contributed by atoms with E-state index in [4.69, 9.17) is 4.74 Å². The molecule has 0 amide bonds. The van der Waals surface area contributed by atoms with Gasteiger partial charge >= 0.3 is 0 Å². The molecule has 0 radical (unpaired) electrons. The molecular formula is C15H15BrN2O3. The van der Waals surface area contributed by atoms with Crippen LogP contribution in [-0.4, -0.2) is 12.0 Å². The Kier molecular flexibility index (Phi) is 5.30. The van der Waals surface area contributed by atoms with Gasteiger partial charge in [0, 0.05) is 35.4 Å². The smallest absolute Gasteiger partial charge is 0.275 e. The van der Waals surface area contributed by atoms with Gasteiger partial charge in [-0.1, -0.05) is 28.1 Å². The molecule has 21 heavy (non-hydrogen) atoms. The quantitative estimate of drug-likeness (QED) is 0.628. The third-order valence-corrected chi connectivity index (χ3v) is 3.46. The minimum absolute atomic E-state index is 0.102. The Hall–Kier alpha value is -1.92. The molecule has 2 aromatic rings. The van der Waals surface area contributed by atoms with E-state index < -0.39 is 0 Å². The van der Waals surface area contributed by atoms with Crippen LogP contribution in [0.1, 0.15) is 11.1 Å². The van der Waals surface area contributed by atoms with Crippen molar-refractivity contribution in [3.63, 3.8) is 0 Å². The van der Waals surface area contributed by atoms with Gasteiger partial charge in [0.25, 0.3) is 5.69 Å². The molecule has 0 fully saturated rings. The van der Waals surface area contributed by atoms with Gasteiger partial charge in [0.1, 0.15) is 0 Å². The molecule has 0 atom stereocenters. The number of ether oxygens (including phenoxy) is 1. The average Bonchev–Trinajstić information content (AvgIpc) is 2.46. The van der Waals surface area contributed by atoms with E-state index in [-0.39, 0.29) is 10.6 Å². The molecule has 110 valence electrons. The maximum Gasteiger partial charge on any atom is 0.275 e. The number of hydrogen-bond donors (Lipinski definition) is 1. The molecule has 0 saturated carbocycles. The average molecular weight is 351 g/mol. The number of hydrogen-bond acceptors (Lipinski definition) is 4. The lowest BCUT2D eigenvalue weighted by atomic mass is 10.1. The van der Waals surface area contributed by atoms with Crippen LogP contribution in [0.2, 0.25) is 0 Å². The van der Waals surface area contributed by atoms with Crippen molar-refractivity contribution in [1.29, 1.82) is 0 Å². The predicted molar refractivity (Wildman–Crippen MR) is 85.3 cm³/mol. The van der Waals surface area contributed by atoms with E-state index in [0.29, 0.717) is 23.2 Å². The Balaban J connectivity index is 2.13. The Bertz CT molecular complexity index is 647. The molecule has 1 N–H and O–H groups in total. The second-order valence-electron chi connectivity index (χ2n) is 4.52. The van der Waals surface area contributed by atoms with E-state index in [1.807, 2.05) is 24.3 Å². The molecular weight excluding hydrogens is 336 g/mol. The van der Waals surface area contributed by atoms with Gasteiger partial charge in [0.2, 0.25) is 0 Å². The first-order valence-electron chi connectivity index (χ1n) is 6.34. The van der Waals surface area contributed by atoms with Crippen LogP contribution >= 0.6 is 15.9 Å². The van der Waals surface area contributed by atoms with Gasteiger partial charge in [-0.3, -0.25) is 10.1 Å². The minimum atomic E-state index is -0.372. The summed E-state index contributed by atoms with van der Waals surface area (Å²) in [5, 5.41) is 14.3. The van der Waals surface area contributed by atoms with E-state index in [0.717, 1.165) is 11.3 Å². The Morgan fingerprint density at radius 1 is 1.29 bits per heavy atom. The largest absolute Gasteiger partial charge is 0.381 e. The zero-order chi connectivity index (χ0) is 15.2. The summed E-state index contributed by atoms with van der Waals surface area (Å²) in [5.74, 6) is 0. The van der Waals surface area contributed by atoms with Crippen LogP contribution < -0.4 is 5.32 Å². The minimum Gasteiger partial charge on any atom is -0.381 e. The van der Waals surface area contributed by atoms with Crippen molar-refractivity contribution < 1.29 is 9.66 Å². The highest BCUT2D eigenvalue weighted by atomic mass is 79.9. The fourth-order valence-corrected chi connectivity index (χ4v) is 2.34. The van der Waals surface area contributed by atoms with Gasteiger partial charge < -0.3 is 10.1 Å². The molecule has 0 bridgehead atoms. The summed E-state index contributed by atoms with van der Waals surface area (Å²) in [6, 6.07) is 12.8. The summed E-state index contributed by atoms with van der Waals surface area (Å²) in [6.07, 6.45) is 0. The number of rotatable bonds is 6. The van der Waals surface area contributed by atoms with Crippen LogP contribution in [0.4, 0.5) is 11.4 Å². The molecule has 0 aliphatic carbocycles. The fraction of sp³-hybridized carbons (Fsp3) is 0.200. The Labute approximate surface area is 131 Å². The molecule has 2 rings (SSSR count). The number of anilines is 1. The van der Waals surface area contributed by atoms with Gasteiger partial charge in [-0.15, -0.1) is 0 Å². The van der Waals surface area contributed by atoms with E-state index in [1.165, 1.54) is 6.07 Å². The molecule has 0 aliphatic heterocycles. The lowest BCUT2D eigenvalue weighted by molar-refractivity contribution is -0.385. The summed E-state index contributed by atoms with van der Waals surface area (Å²) in [6.45, 7) is 0.925. The Morgan fingerprint density at radius 2 is 2.10 bits per heavy atom. The second-order valence-corrected chi connectivity index (χ2v) is 5.43. The zero-order valence-electron chi connectivity index (χ0n) is 11.5. The zero-order valence-corrected chi connectivity index (χ0v) is 13.1. The standard InChI is InChI=1S/C15H15BrN2O3/c1-21-10-11-3-2-4-14(7-11)17-9-12-5-6-13(16)8-15(12)18(19)20/h2-8,17H,9-10H2,1H3. The van der Waals surface area contributed by atoms with Crippen molar-refractivity contribution in [2.75, 3.05) is 12.4 Å². The topological polar surface area (TPSA) is 64.4 Å². The highest BCUT2D eigenvalue weighted by molar-refractivity contribution is 9.10. The van der Waals surface area contributed by atoms with E-state index >= 15 is 0 Å². The summed E-state index contributed by atoms with van der Waals surface area (Å²) in [4.78, 5) is 10.7. The highest BCUT2D eigenvalue weighted by Crippen LogP contribution is 2.24. The van der Waals surface area contributed by atoms with Crippen LogP contribution in [0.5, 0.6) is 0 Å². The lowest BCUT2D eigenvalue weighted by Gasteiger charge is -2.09. The third-order valence-electron chi connectivity index (χ3n) is 2.96. The van der Waals surface area contributed by atoms with Crippen molar-refractivity contribution in [2.24, 2.45) is 0 Å². The van der Waals surface area contributed by atoms with E-state index in [2.05, 4.69) is 21.2 Å². The number of nitrogens with zero attached hydrogens (tertiary/aromatic N) is 1. The first kappa shape index (κ1) is 15.5. The Morgan fingerprint density at radius 3 is 2.81 bits per heavy atom. The highest BCUT2D eigenvalue weighted by Gasteiger charge is 2.13. The molecule has 5 nitrogen and oxygen atoms in total. The molecule has 6 heteroatoms. The van der Waals surface area contributed by atoms with Crippen molar-refractivity contribution in [2.45, 2.75) is 13.2 Å². The molecule has 0 unspecified atom stereocenters.